The highest BCUT2D eigenvalue weighted by Crippen LogP contribution is 2.38. The van der Waals surface area contributed by atoms with Gasteiger partial charge in [-0.15, -0.1) is 0 Å². The smallest absolute Gasteiger partial charge is 0.248 e. The van der Waals surface area contributed by atoms with Crippen molar-refractivity contribution in [2.45, 2.75) is 0 Å². The van der Waals surface area contributed by atoms with Gasteiger partial charge in [0.05, 0.1) is 31.9 Å². The Kier molecular flexibility index (Phi) is 6.48. The zero-order valence-corrected chi connectivity index (χ0v) is 15.3. The molecule has 7 heteroatoms. The van der Waals surface area contributed by atoms with Crippen LogP contribution in [0.4, 0.5) is 5.69 Å². The second-order valence-corrected chi connectivity index (χ2v) is 5.49. The number of nitrogens with zero attached hydrogens (tertiary/aromatic N) is 1. The van der Waals surface area contributed by atoms with Crippen LogP contribution >= 0.6 is 11.6 Å². The summed E-state index contributed by atoms with van der Waals surface area (Å²) in [6.07, 6.45) is 2.97. The van der Waals surface area contributed by atoms with Crippen molar-refractivity contribution >= 4 is 29.3 Å². The summed E-state index contributed by atoms with van der Waals surface area (Å²) in [6, 6.07) is 10.1. The number of carbonyl (C=O) groups excluding carboxylic acids is 1. The lowest BCUT2D eigenvalue weighted by atomic mass is 10.1. The zero-order chi connectivity index (χ0) is 19.1. The third kappa shape index (κ3) is 4.47. The van der Waals surface area contributed by atoms with Crippen LogP contribution in [0.15, 0.2) is 36.4 Å². The molecule has 0 heterocycles. The van der Waals surface area contributed by atoms with E-state index in [1.165, 1.54) is 33.5 Å². The molecule has 0 aliphatic carbocycles. The molecule has 0 aliphatic heterocycles. The first-order valence-electron chi connectivity index (χ1n) is 7.51. The summed E-state index contributed by atoms with van der Waals surface area (Å²) in [6.45, 7) is 0. The number of halogens is 1. The Morgan fingerprint density at radius 3 is 2.31 bits per heavy atom. The van der Waals surface area contributed by atoms with Crippen LogP contribution in [0.3, 0.4) is 0 Å². The van der Waals surface area contributed by atoms with Gasteiger partial charge in [-0.1, -0.05) is 11.6 Å². The summed E-state index contributed by atoms with van der Waals surface area (Å²) in [5, 5.41) is 12.0. The van der Waals surface area contributed by atoms with Crippen molar-refractivity contribution in [1.29, 1.82) is 5.26 Å². The van der Waals surface area contributed by atoms with Crippen molar-refractivity contribution in [2.24, 2.45) is 0 Å². The van der Waals surface area contributed by atoms with Crippen molar-refractivity contribution in [1.82, 2.24) is 0 Å². The lowest BCUT2D eigenvalue weighted by Crippen LogP contribution is -2.07. The van der Waals surface area contributed by atoms with Gasteiger partial charge in [-0.05, 0) is 42.0 Å². The second kappa shape index (κ2) is 8.79. The van der Waals surface area contributed by atoms with Crippen molar-refractivity contribution < 1.29 is 19.0 Å². The van der Waals surface area contributed by atoms with E-state index in [2.05, 4.69) is 5.32 Å². The van der Waals surface area contributed by atoms with Gasteiger partial charge in [-0.25, -0.2) is 0 Å². The molecule has 6 nitrogen and oxygen atoms in total. The average Bonchev–Trinajstić information content (AvgIpc) is 2.66. The van der Waals surface area contributed by atoms with E-state index in [9.17, 15) is 4.79 Å². The molecule has 0 fully saturated rings. The maximum Gasteiger partial charge on any atom is 0.248 e. The van der Waals surface area contributed by atoms with Crippen molar-refractivity contribution in [3.63, 3.8) is 0 Å². The molecule has 0 unspecified atom stereocenters. The molecular weight excluding hydrogens is 356 g/mol. The summed E-state index contributed by atoms with van der Waals surface area (Å²) in [5.41, 5.74) is 1.46. The molecule has 0 bridgehead atoms. The van der Waals surface area contributed by atoms with Gasteiger partial charge in [0.2, 0.25) is 11.7 Å². The summed E-state index contributed by atoms with van der Waals surface area (Å²) in [5.74, 6) is 1.10. The highest BCUT2D eigenvalue weighted by Gasteiger charge is 2.12. The number of carbonyl (C=O) groups is 1. The van der Waals surface area contributed by atoms with Crippen LogP contribution in [0.1, 0.15) is 11.1 Å². The molecule has 0 atom stereocenters. The maximum atomic E-state index is 12.1. The fourth-order valence-corrected chi connectivity index (χ4v) is 2.40. The minimum atomic E-state index is -0.357. The molecule has 26 heavy (non-hydrogen) atoms. The fraction of sp³-hybridized carbons (Fsp3) is 0.158. The number of nitrogens with one attached hydrogen (secondary N) is 1. The highest BCUT2D eigenvalue weighted by atomic mass is 35.5. The van der Waals surface area contributed by atoms with Crippen LogP contribution in [-0.2, 0) is 4.79 Å². The standard InChI is InChI=1S/C19H17ClN2O4/c1-24-16-8-12(9-17(25-2)19(16)26-3)4-7-18(23)22-14-5-6-15(20)13(10-14)11-21/h4-10H,1-3H3,(H,22,23)/b7-4+. The van der Waals surface area contributed by atoms with Gasteiger partial charge in [0.1, 0.15) is 6.07 Å². The summed E-state index contributed by atoms with van der Waals surface area (Å²) >= 11 is 5.87. The number of benzene rings is 2. The number of rotatable bonds is 6. The fourth-order valence-electron chi connectivity index (χ4n) is 2.24. The van der Waals surface area contributed by atoms with E-state index in [4.69, 9.17) is 31.1 Å². The zero-order valence-electron chi connectivity index (χ0n) is 14.5. The topological polar surface area (TPSA) is 80.6 Å². The van der Waals surface area contributed by atoms with E-state index in [0.29, 0.717) is 33.5 Å². The minimum absolute atomic E-state index is 0.290. The second-order valence-electron chi connectivity index (χ2n) is 5.09. The van der Waals surface area contributed by atoms with E-state index in [1.54, 1.807) is 30.3 Å². The van der Waals surface area contributed by atoms with Gasteiger partial charge in [-0.3, -0.25) is 4.79 Å². The first-order chi connectivity index (χ1) is 12.5. The molecule has 0 aromatic heterocycles. The molecule has 0 saturated carbocycles. The Bertz CT molecular complexity index is 863. The van der Waals surface area contributed by atoms with Crippen LogP contribution in [0.25, 0.3) is 6.08 Å². The van der Waals surface area contributed by atoms with Gasteiger partial charge in [0, 0.05) is 11.8 Å². The van der Waals surface area contributed by atoms with Gasteiger partial charge < -0.3 is 19.5 Å². The molecule has 0 radical (unpaired) electrons. The first kappa shape index (κ1) is 19.2. The van der Waals surface area contributed by atoms with E-state index in [0.717, 1.165) is 0 Å². The molecular formula is C19H17ClN2O4. The average molecular weight is 373 g/mol. The quantitative estimate of drug-likeness (QED) is 0.778. The Morgan fingerprint density at radius 1 is 1.12 bits per heavy atom. The van der Waals surface area contributed by atoms with E-state index in [1.807, 2.05) is 6.07 Å². The van der Waals surface area contributed by atoms with Crippen LogP contribution in [0.5, 0.6) is 17.2 Å². The van der Waals surface area contributed by atoms with Gasteiger partial charge >= 0.3 is 0 Å². The van der Waals surface area contributed by atoms with E-state index < -0.39 is 0 Å². The van der Waals surface area contributed by atoms with Crippen LogP contribution in [0, 0.1) is 11.3 Å². The summed E-state index contributed by atoms with van der Waals surface area (Å²) in [4.78, 5) is 12.1. The summed E-state index contributed by atoms with van der Waals surface area (Å²) < 4.78 is 15.8. The molecule has 0 spiro atoms. The Morgan fingerprint density at radius 2 is 1.77 bits per heavy atom. The predicted octanol–water partition coefficient (Wildman–Crippen LogP) is 3.89. The van der Waals surface area contributed by atoms with Gasteiger partial charge in [-0.2, -0.15) is 5.26 Å². The van der Waals surface area contributed by atoms with Crippen LogP contribution < -0.4 is 19.5 Å². The van der Waals surface area contributed by atoms with Crippen LogP contribution in [0.2, 0.25) is 5.02 Å². The van der Waals surface area contributed by atoms with Gasteiger partial charge in [0.25, 0.3) is 0 Å². The van der Waals surface area contributed by atoms with Crippen LogP contribution in [-0.4, -0.2) is 27.2 Å². The largest absolute Gasteiger partial charge is 0.493 e. The Hall–Kier alpha value is -3.17. The molecule has 0 saturated heterocycles. The normalized spacial score (nSPS) is 10.3. The number of anilines is 1. The number of hydrogen-bond donors (Lipinski definition) is 1. The first-order valence-corrected chi connectivity index (χ1v) is 7.89. The van der Waals surface area contributed by atoms with Crippen molar-refractivity contribution in [3.8, 4) is 23.3 Å². The number of amides is 1. The Labute approximate surface area is 156 Å². The third-order valence-electron chi connectivity index (χ3n) is 3.47. The van der Waals surface area contributed by atoms with Crippen molar-refractivity contribution in [3.05, 3.63) is 52.6 Å². The van der Waals surface area contributed by atoms with Gasteiger partial charge in [0.15, 0.2) is 11.5 Å². The number of methoxy groups -OCH3 is 3. The predicted molar refractivity (Wildman–Crippen MR) is 99.9 cm³/mol. The Balaban J connectivity index is 2.19. The summed E-state index contributed by atoms with van der Waals surface area (Å²) in [7, 11) is 4.56. The molecule has 1 amide bonds. The highest BCUT2D eigenvalue weighted by molar-refractivity contribution is 6.31. The lowest BCUT2D eigenvalue weighted by molar-refractivity contribution is -0.111. The van der Waals surface area contributed by atoms with E-state index >= 15 is 0 Å². The monoisotopic (exact) mass is 372 g/mol. The molecule has 2 aromatic rings. The number of ether oxygens (including phenoxy) is 3. The van der Waals surface area contributed by atoms with E-state index in [-0.39, 0.29) is 11.5 Å². The lowest BCUT2D eigenvalue weighted by Gasteiger charge is -2.12. The third-order valence-corrected chi connectivity index (χ3v) is 3.80. The minimum Gasteiger partial charge on any atom is -0.493 e. The maximum absolute atomic E-state index is 12.1. The SMILES string of the molecule is COc1cc(/C=C/C(=O)Nc2ccc(Cl)c(C#N)c2)cc(OC)c1OC. The van der Waals surface area contributed by atoms with Crippen molar-refractivity contribution in [2.75, 3.05) is 26.6 Å². The molecule has 2 aromatic carbocycles. The molecule has 134 valence electrons. The number of nitriles is 1. The number of hydrogen-bond acceptors (Lipinski definition) is 5. The molecule has 0 aliphatic rings. The molecule has 1 N–H and O–H groups in total. The molecule has 2 rings (SSSR count).